The molecule has 0 saturated heterocycles. The van der Waals surface area contributed by atoms with Crippen LogP contribution in [0.25, 0.3) is 0 Å². The molecule has 0 aliphatic carbocycles. The van der Waals surface area contributed by atoms with E-state index in [4.69, 9.17) is 5.26 Å². The topological polar surface area (TPSA) is 99.3 Å². The lowest BCUT2D eigenvalue weighted by molar-refractivity contribution is -0.384. The maximum absolute atomic E-state index is 12.5. The Morgan fingerprint density at radius 2 is 2.24 bits per heavy atom. The van der Waals surface area contributed by atoms with E-state index in [9.17, 15) is 14.9 Å². The van der Waals surface area contributed by atoms with Gasteiger partial charge in [0, 0.05) is 37.5 Å². The highest BCUT2D eigenvalue weighted by atomic mass is 16.6. The molecule has 7 nitrogen and oxygen atoms in total. The highest BCUT2D eigenvalue weighted by molar-refractivity contribution is 6.00. The zero-order chi connectivity index (χ0) is 16.0. The lowest BCUT2D eigenvalue weighted by atomic mass is 10.1. The number of nitrogens with one attached hydrogen (secondary N) is 1. The number of nitro benzene ring substituents is 1. The second kappa shape index (κ2) is 7.24. The number of nitrogens with zero attached hydrogens (tertiary/aromatic N) is 3. The van der Waals surface area contributed by atoms with Crippen molar-refractivity contribution in [2.45, 2.75) is 26.3 Å². The maximum Gasteiger partial charge on any atom is 0.270 e. The minimum Gasteiger partial charge on any atom is -0.385 e. The van der Waals surface area contributed by atoms with E-state index < -0.39 is 4.92 Å². The fourth-order valence-corrected chi connectivity index (χ4v) is 1.83. The van der Waals surface area contributed by atoms with Crippen LogP contribution in [0.1, 0.15) is 30.6 Å². The second-order valence-corrected chi connectivity index (χ2v) is 4.64. The van der Waals surface area contributed by atoms with Gasteiger partial charge < -0.3 is 10.2 Å². The van der Waals surface area contributed by atoms with Crippen molar-refractivity contribution in [3.8, 4) is 6.07 Å². The first kappa shape index (κ1) is 16.4. The Labute approximate surface area is 123 Å². The predicted molar refractivity (Wildman–Crippen MR) is 79.0 cm³/mol. The normalized spacial score (nSPS) is 11.3. The Hall–Kier alpha value is -2.62. The van der Waals surface area contributed by atoms with Crippen molar-refractivity contribution in [1.82, 2.24) is 4.90 Å². The van der Waals surface area contributed by atoms with Crippen molar-refractivity contribution in [1.29, 1.82) is 5.26 Å². The third kappa shape index (κ3) is 3.92. The largest absolute Gasteiger partial charge is 0.385 e. The van der Waals surface area contributed by atoms with E-state index in [1.165, 1.54) is 23.1 Å². The number of benzene rings is 1. The van der Waals surface area contributed by atoms with Crippen molar-refractivity contribution in [3.05, 3.63) is 33.9 Å². The first-order valence-electron chi connectivity index (χ1n) is 6.58. The van der Waals surface area contributed by atoms with Gasteiger partial charge in [-0.15, -0.1) is 0 Å². The number of hydrogen-bond donors (Lipinski definition) is 1. The molecule has 0 spiro atoms. The summed E-state index contributed by atoms with van der Waals surface area (Å²) in [6.07, 6.45) is 0.202. The zero-order valence-electron chi connectivity index (χ0n) is 12.3. The molecule has 0 aromatic heterocycles. The first-order chi connectivity index (χ1) is 9.92. The minimum atomic E-state index is -0.536. The van der Waals surface area contributed by atoms with Crippen LogP contribution < -0.4 is 5.32 Å². The highest BCUT2D eigenvalue weighted by Crippen LogP contribution is 2.24. The molecular weight excluding hydrogens is 272 g/mol. The SMILES string of the molecule is CCNc1ccc([N+](=O)[O-])cc1C(=O)N(C)C(C)CC#N. The van der Waals surface area contributed by atoms with E-state index in [0.29, 0.717) is 12.2 Å². The van der Waals surface area contributed by atoms with Gasteiger partial charge in [0.2, 0.25) is 0 Å². The number of amides is 1. The van der Waals surface area contributed by atoms with Crippen LogP contribution >= 0.6 is 0 Å². The van der Waals surface area contributed by atoms with E-state index in [1.54, 1.807) is 14.0 Å². The summed E-state index contributed by atoms with van der Waals surface area (Å²) in [6.45, 7) is 4.22. The molecule has 0 bridgehead atoms. The number of rotatable bonds is 6. The Morgan fingerprint density at radius 1 is 1.57 bits per heavy atom. The van der Waals surface area contributed by atoms with Gasteiger partial charge in [-0.1, -0.05) is 0 Å². The fourth-order valence-electron chi connectivity index (χ4n) is 1.83. The summed E-state index contributed by atoms with van der Waals surface area (Å²) in [7, 11) is 1.58. The molecule has 1 aromatic carbocycles. The first-order valence-corrected chi connectivity index (χ1v) is 6.58. The van der Waals surface area contributed by atoms with Gasteiger partial charge >= 0.3 is 0 Å². The van der Waals surface area contributed by atoms with Gasteiger partial charge in [0.25, 0.3) is 11.6 Å². The molecule has 1 unspecified atom stereocenters. The summed E-state index contributed by atoms with van der Waals surface area (Å²) in [5, 5.41) is 22.6. The van der Waals surface area contributed by atoms with Crippen LogP contribution in [0.2, 0.25) is 0 Å². The molecule has 7 heteroatoms. The smallest absolute Gasteiger partial charge is 0.270 e. The average Bonchev–Trinajstić information content (AvgIpc) is 2.46. The van der Waals surface area contributed by atoms with Crippen molar-refractivity contribution in [3.63, 3.8) is 0 Å². The van der Waals surface area contributed by atoms with E-state index in [2.05, 4.69) is 5.32 Å². The summed E-state index contributed by atoms with van der Waals surface area (Å²) >= 11 is 0. The molecule has 0 heterocycles. The van der Waals surface area contributed by atoms with Gasteiger partial charge in [-0.25, -0.2) is 0 Å². The molecular formula is C14H18N4O3. The van der Waals surface area contributed by atoms with Crippen LogP contribution in [0.5, 0.6) is 0 Å². The van der Waals surface area contributed by atoms with Crippen LogP contribution in [-0.4, -0.2) is 35.4 Å². The molecule has 1 aromatic rings. The van der Waals surface area contributed by atoms with E-state index >= 15 is 0 Å². The number of hydrogen-bond acceptors (Lipinski definition) is 5. The number of carbonyl (C=O) groups excluding carboxylic acids is 1. The number of carbonyl (C=O) groups is 1. The summed E-state index contributed by atoms with van der Waals surface area (Å²) in [5.74, 6) is -0.350. The van der Waals surface area contributed by atoms with Crippen LogP contribution in [0.15, 0.2) is 18.2 Å². The second-order valence-electron chi connectivity index (χ2n) is 4.64. The molecule has 0 fully saturated rings. The quantitative estimate of drug-likeness (QED) is 0.640. The summed E-state index contributed by atoms with van der Waals surface area (Å²) in [5.41, 5.74) is 0.642. The summed E-state index contributed by atoms with van der Waals surface area (Å²) in [4.78, 5) is 24.2. The van der Waals surface area contributed by atoms with Crippen molar-refractivity contribution < 1.29 is 9.72 Å². The van der Waals surface area contributed by atoms with Gasteiger partial charge in [-0.2, -0.15) is 5.26 Å². The predicted octanol–water partition coefficient (Wildman–Crippen LogP) is 2.40. The van der Waals surface area contributed by atoms with Crippen LogP contribution in [0, 0.1) is 21.4 Å². The third-order valence-corrected chi connectivity index (χ3v) is 3.18. The van der Waals surface area contributed by atoms with Gasteiger partial charge in [-0.05, 0) is 19.9 Å². The lowest BCUT2D eigenvalue weighted by Gasteiger charge is -2.24. The zero-order valence-corrected chi connectivity index (χ0v) is 12.3. The lowest BCUT2D eigenvalue weighted by Crippen LogP contribution is -2.35. The average molecular weight is 290 g/mol. The molecule has 0 radical (unpaired) electrons. The maximum atomic E-state index is 12.5. The van der Waals surface area contributed by atoms with E-state index in [0.717, 1.165) is 0 Å². The van der Waals surface area contributed by atoms with Gasteiger partial charge in [0.1, 0.15) is 0 Å². The Bertz CT molecular complexity index is 580. The number of nitro groups is 1. The summed E-state index contributed by atoms with van der Waals surface area (Å²) < 4.78 is 0. The van der Waals surface area contributed by atoms with Crippen molar-refractivity contribution in [2.75, 3.05) is 18.9 Å². The minimum absolute atomic E-state index is 0.138. The van der Waals surface area contributed by atoms with E-state index in [1.807, 2.05) is 13.0 Å². The van der Waals surface area contributed by atoms with Gasteiger partial charge in [0.15, 0.2) is 0 Å². The van der Waals surface area contributed by atoms with Gasteiger partial charge in [0.05, 0.1) is 23.0 Å². The van der Waals surface area contributed by atoms with Crippen LogP contribution in [-0.2, 0) is 0 Å². The fraction of sp³-hybridized carbons (Fsp3) is 0.429. The number of anilines is 1. The standard InChI is InChI=1S/C14H18N4O3/c1-4-16-13-6-5-11(18(20)21)9-12(13)14(19)17(3)10(2)7-8-15/h5-6,9-10,16H,4,7H2,1-3H3. The number of nitriles is 1. The molecule has 0 aliphatic heterocycles. The Balaban J connectivity index is 3.18. The van der Waals surface area contributed by atoms with Crippen molar-refractivity contribution >= 4 is 17.3 Å². The Morgan fingerprint density at radius 3 is 2.76 bits per heavy atom. The molecule has 0 saturated carbocycles. The van der Waals surface area contributed by atoms with Crippen LogP contribution in [0.3, 0.4) is 0 Å². The van der Waals surface area contributed by atoms with E-state index in [-0.39, 0.29) is 29.6 Å². The molecule has 1 atom stereocenters. The Kier molecular flexibility index (Phi) is 5.67. The molecule has 21 heavy (non-hydrogen) atoms. The van der Waals surface area contributed by atoms with Gasteiger partial charge in [-0.3, -0.25) is 14.9 Å². The molecule has 112 valence electrons. The molecule has 1 amide bonds. The van der Waals surface area contributed by atoms with Crippen molar-refractivity contribution in [2.24, 2.45) is 0 Å². The molecule has 1 N–H and O–H groups in total. The highest BCUT2D eigenvalue weighted by Gasteiger charge is 2.22. The summed E-state index contributed by atoms with van der Waals surface area (Å²) in [6, 6.07) is 5.88. The van der Waals surface area contributed by atoms with Crippen LogP contribution in [0.4, 0.5) is 11.4 Å². The number of non-ortho nitro benzene ring substituents is 1. The third-order valence-electron chi connectivity index (χ3n) is 3.18. The molecule has 1 rings (SSSR count). The molecule has 0 aliphatic rings. The monoisotopic (exact) mass is 290 g/mol.